The Morgan fingerprint density at radius 1 is 1.39 bits per heavy atom. The van der Waals surface area contributed by atoms with E-state index in [1.165, 1.54) is 0 Å². The van der Waals surface area contributed by atoms with E-state index < -0.39 is 10.8 Å². The maximum absolute atomic E-state index is 11.7. The highest BCUT2D eigenvalue weighted by Crippen LogP contribution is 2.13. The molecule has 104 valence electrons. The van der Waals surface area contributed by atoms with E-state index in [1.54, 1.807) is 6.92 Å². The van der Waals surface area contributed by atoms with Crippen LogP contribution in [0.5, 0.6) is 0 Å². The first-order chi connectivity index (χ1) is 8.61. The summed E-state index contributed by atoms with van der Waals surface area (Å²) < 4.78 is 21.7. The fraction of sp³-hybridized carbons (Fsp3) is 0.833. The van der Waals surface area contributed by atoms with Gasteiger partial charge in [0.05, 0.1) is 30.6 Å². The fourth-order valence-electron chi connectivity index (χ4n) is 1.77. The average Bonchev–Trinajstić information content (AvgIpc) is 2.79. The van der Waals surface area contributed by atoms with Crippen molar-refractivity contribution in [3.63, 3.8) is 0 Å². The standard InChI is InChI=1S/C12H20O5S/c1-2-16-12(14)6-5-10(13)8-18(15)9-11-4-3-7-17-11/h11H,2-9H2,1H3. The van der Waals surface area contributed by atoms with Crippen LogP contribution in [-0.4, -0.2) is 46.8 Å². The van der Waals surface area contributed by atoms with Crippen LogP contribution in [0.25, 0.3) is 0 Å². The van der Waals surface area contributed by atoms with Crippen molar-refractivity contribution in [2.45, 2.75) is 38.7 Å². The van der Waals surface area contributed by atoms with Gasteiger partial charge >= 0.3 is 5.97 Å². The maximum Gasteiger partial charge on any atom is 0.306 e. The molecule has 0 saturated carbocycles. The largest absolute Gasteiger partial charge is 0.466 e. The quantitative estimate of drug-likeness (QED) is 0.614. The number of rotatable bonds is 8. The first-order valence-corrected chi connectivity index (χ1v) is 7.74. The number of esters is 1. The summed E-state index contributed by atoms with van der Waals surface area (Å²) in [5.41, 5.74) is 0. The topological polar surface area (TPSA) is 69.7 Å². The molecule has 6 heteroatoms. The summed E-state index contributed by atoms with van der Waals surface area (Å²) in [5, 5.41) is 0. The molecule has 1 aliphatic rings. The fourth-order valence-corrected chi connectivity index (χ4v) is 3.07. The molecular weight excluding hydrogens is 256 g/mol. The second-order valence-corrected chi connectivity index (χ2v) is 5.73. The Balaban J connectivity index is 2.14. The normalized spacial score (nSPS) is 20.6. The highest BCUT2D eigenvalue weighted by Gasteiger charge is 2.20. The van der Waals surface area contributed by atoms with Crippen molar-refractivity contribution in [2.24, 2.45) is 0 Å². The number of carbonyl (C=O) groups is 2. The lowest BCUT2D eigenvalue weighted by Gasteiger charge is -2.08. The van der Waals surface area contributed by atoms with Crippen molar-refractivity contribution in [2.75, 3.05) is 24.7 Å². The maximum atomic E-state index is 11.7. The van der Waals surface area contributed by atoms with Gasteiger partial charge in [-0.1, -0.05) is 0 Å². The summed E-state index contributed by atoms with van der Waals surface area (Å²) in [6.07, 6.45) is 2.13. The van der Waals surface area contributed by atoms with Gasteiger partial charge in [-0.05, 0) is 19.8 Å². The number of ketones is 1. The highest BCUT2D eigenvalue weighted by molar-refractivity contribution is 7.85. The van der Waals surface area contributed by atoms with Crippen LogP contribution >= 0.6 is 0 Å². The molecule has 2 atom stereocenters. The Hall–Kier alpha value is -0.750. The zero-order valence-electron chi connectivity index (χ0n) is 10.7. The Bertz CT molecular complexity index is 310. The van der Waals surface area contributed by atoms with Crippen LogP contribution in [0, 0.1) is 0 Å². The lowest BCUT2D eigenvalue weighted by atomic mass is 10.2. The van der Waals surface area contributed by atoms with Gasteiger partial charge in [0.25, 0.3) is 0 Å². The zero-order chi connectivity index (χ0) is 13.4. The molecule has 2 unspecified atom stereocenters. The molecule has 1 heterocycles. The number of carbonyl (C=O) groups excluding carboxylic acids is 2. The van der Waals surface area contributed by atoms with E-state index >= 15 is 0 Å². The second-order valence-electron chi connectivity index (χ2n) is 4.23. The predicted octanol–water partition coefficient (Wildman–Crippen LogP) is 0.826. The van der Waals surface area contributed by atoms with Gasteiger partial charge in [-0.2, -0.15) is 0 Å². The molecule has 0 aromatic heterocycles. The van der Waals surface area contributed by atoms with Gasteiger partial charge in [0.2, 0.25) is 0 Å². The van der Waals surface area contributed by atoms with Crippen molar-refractivity contribution in [1.29, 1.82) is 0 Å². The highest BCUT2D eigenvalue weighted by atomic mass is 32.2. The molecule has 0 N–H and O–H groups in total. The third kappa shape index (κ3) is 6.26. The molecule has 1 aliphatic heterocycles. The molecule has 0 amide bonds. The first kappa shape index (κ1) is 15.3. The van der Waals surface area contributed by atoms with E-state index in [2.05, 4.69) is 0 Å². The molecule has 0 aromatic rings. The second kappa shape index (κ2) is 8.37. The van der Waals surface area contributed by atoms with E-state index in [0.29, 0.717) is 12.4 Å². The van der Waals surface area contributed by atoms with Crippen molar-refractivity contribution >= 4 is 22.6 Å². The first-order valence-electron chi connectivity index (χ1n) is 6.25. The van der Waals surface area contributed by atoms with Crippen LogP contribution in [0.2, 0.25) is 0 Å². The number of hydrogen-bond donors (Lipinski definition) is 0. The smallest absolute Gasteiger partial charge is 0.306 e. The molecule has 1 rings (SSSR count). The molecule has 0 aromatic carbocycles. The summed E-state index contributed by atoms with van der Waals surface area (Å²) in [5.74, 6) is -0.0973. The van der Waals surface area contributed by atoms with Crippen molar-refractivity contribution in [1.82, 2.24) is 0 Å². The van der Waals surface area contributed by atoms with Gasteiger partial charge in [0, 0.05) is 23.8 Å². The van der Waals surface area contributed by atoms with E-state index in [-0.39, 0.29) is 36.5 Å². The minimum atomic E-state index is -1.19. The summed E-state index contributed by atoms with van der Waals surface area (Å²) in [6.45, 7) is 2.76. The van der Waals surface area contributed by atoms with Crippen LogP contribution in [0.1, 0.15) is 32.6 Å². The number of ether oxygens (including phenoxy) is 2. The summed E-state index contributed by atoms with van der Waals surface area (Å²) in [4.78, 5) is 22.5. The van der Waals surface area contributed by atoms with Gasteiger partial charge in [-0.3, -0.25) is 13.8 Å². The lowest BCUT2D eigenvalue weighted by Crippen LogP contribution is -2.21. The lowest BCUT2D eigenvalue weighted by molar-refractivity contribution is -0.144. The average molecular weight is 276 g/mol. The minimum Gasteiger partial charge on any atom is -0.466 e. The van der Waals surface area contributed by atoms with E-state index in [4.69, 9.17) is 9.47 Å². The predicted molar refractivity (Wildman–Crippen MR) is 67.7 cm³/mol. The molecule has 0 spiro atoms. The van der Waals surface area contributed by atoms with Crippen LogP contribution in [-0.2, 0) is 29.9 Å². The minimum absolute atomic E-state index is 0.0132. The van der Waals surface area contributed by atoms with E-state index in [0.717, 1.165) is 19.4 Å². The third-order valence-corrected chi connectivity index (χ3v) is 4.02. The molecule has 0 radical (unpaired) electrons. The monoisotopic (exact) mass is 276 g/mol. The molecule has 1 fully saturated rings. The van der Waals surface area contributed by atoms with Gasteiger partial charge in [0.15, 0.2) is 0 Å². The number of hydrogen-bond acceptors (Lipinski definition) is 5. The van der Waals surface area contributed by atoms with Crippen molar-refractivity contribution in [3.05, 3.63) is 0 Å². The van der Waals surface area contributed by atoms with Gasteiger partial charge < -0.3 is 9.47 Å². The number of Topliss-reactive ketones (excluding diaryl/α,β-unsaturated/α-hetero) is 1. The van der Waals surface area contributed by atoms with Gasteiger partial charge in [-0.25, -0.2) is 0 Å². The van der Waals surface area contributed by atoms with Gasteiger partial charge in [0.1, 0.15) is 5.78 Å². The Kier molecular flexibility index (Phi) is 7.12. The Labute approximate surface area is 110 Å². The Morgan fingerprint density at radius 2 is 2.17 bits per heavy atom. The molecule has 1 saturated heterocycles. The van der Waals surface area contributed by atoms with Crippen LogP contribution in [0.3, 0.4) is 0 Å². The van der Waals surface area contributed by atoms with E-state index in [1.807, 2.05) is 0 Å². The molecular formula is C12H20O5S. The van der Waals surface area contributed by atoms with Crippen LogP contribution in [0.15, 0.2) is 0 Å². The van der Waals surface area contributed by atoms with E-state index in [9.17, 15) is 13.8 Å². The molecule has 5 nitrogen and oxygen atoms in total. The molecule has 18 heavy (non-hydrogen) atoms. The van der Waals surface area contributed by atoms with Crippen LogP contribution < -0.4 is 0 Å². The van der Waals surface area contributed by atoms with Gasteiger partial charge in [-0.15, -0.1) is 0 Å². The summed E-state index contributed by atoms with van der Waals surface area (Å²) in [7, 11) is -1.19. The Morgan fingerprint density at radius 3 is 2.78 bits per heavy atom. The van der Waals surface area contributed by atoms with Crippen molar-refractivity contribution < 1.29 is 23.3 Å². The zero-order valence-corrected chi connectivity index (χ0v) is 11.5. The molecule has 0 aliphatic carbocycles. The summed E-state index contributed by atoms with van der Waals surface area (Å²) >= 11 is 0. The third-order valence-electron chi connectivity index (χ3n) is 2.63. The van der Waals surface area contributed by atoms with Crippen molar-refractivity contribution in [3.8, 4) is 0 Å². The SMILES string of the molecule is CCOC(=O)CCC(=O)CS(=O)CC1CCCO1. The molecule has 0 bridgehead atoms. The summed E-state index contributed by atoms with van der Waals surface area (Å²) in [6, 6.07) is 0. The van der Waals surface area contributed by atoms with Crippen LogP contribution in [0.4, 0.5) is 0 Å².